The number of nitrogens with one attached hydrogen (secondary N) is 2. The van der Waals surface area contributed by atoms with E-state index in [0.29, 0.717) is 19.4 Å². The van der Waals surface area contributed by atoms with Crippen molar-refractivity contribution in [3.05, 3.63) is 0 Å². The van der Waals surface area contributed by atoms with E-state index >= 15 is 0 Å². The third kappa shape index (κ3) is 8.92. The predicted octanol–water partition coefficient (Wildman–Crippen LogP) is 1.17. The molecule has 1 saturated heterocycles. The van der Waals surface area contributed by atoms with Crippen LogP contribution < -0.4 is 16.4 Å². The summed E-state index contributed by atoms with van der Waals surface area (Å²) in [5, 5.41) is 4.72. The summed E-state index contributed by atoms with van der Waals surface area (Å²) in [4.78, 5) is 48.0. The fourth-order valence-corrected chi connectivity index (χ4v) is 3.77. The molecule has 0 aromatic rings. The first-order valence-corrected chi connectivity index (χ1v) is 10.2. The molecule has 3 amide bonds. The zero-order chi connectivity index (χ0) is 21.5. The van der Waals surface area contributed by atoms with Crippen molar-refractivity contribution in [2.75, 3.05) is 13.1 Å². The molecule has 4 N–H and O–H groups in total. The number of ether oxygens (including phenoxy) is 1. The predicted molar refractivity (Wildman–Crippen MR) is 107 cm³/mol. The second-order valence-corrected chi connectivity index (χ2v) is 9.21. The average Bonchev–Trinajstić information content (AvgIpc) is 2.97. The van der Waals surface area contributed by atoms with Gasteiger partial charge in [-0.15, -0.1) is 0 Å². The highest BCUT2D eigenvalue weighted by Gasteiger charge is 2.36. The van der Waals surface area contributed by atoms with E-state index in [-0.39, 0.29) is 18.4 Å². The van der Waals surface area contributed by atoms with Gasteiger partial charge in [-0.25, -0.2) is 9.10 Å². The lowest BCUT2D eigenvalue weighted by molar-refractivity contribution is -0.131. The molecule has 2 unspecified atom stereocenters. The minimum Gasteiger partial charge on any atom is -0.451 e. The molecule has 10 heteroatoms. The van der Waals surface area contributed by atoms with Crippen LogP contribution in [0.2, 0.25) is 0 Å². The first kappa shape index (κ1) is 24.2. The van der Waals surface area contributed by atoms with E-state index in [1.807, 2.05) is 13.8 Å². The van der Waals surface area contributed by atoms with Crippen LogP contribution in [0, 0.1) is 5.92 Å². The van der Waals surface area contributed by atoms with Gasteiger partial charge in [-0.2, -0.15) is 0 Å². The molecule has 1 heterocycles. The standard InChI is InChI=1S/C18H32N4O5S/c1-11(2)9-12(15(24)20-10-14(19)23)21-16(25)13-7-6-8-22(13)28-17(26)27-18(3,4)5/h11-13H,6-10H2,1-5H3,(H2,19,23)(H,20,24)(H,21,25). The van der Waals surface area contributed by atoms with Crippen molar-refractivity contribution in [1.29, 1.82) is 0 Å². The Labute approximate surface area is 170 Å². The van der Waals surface area contributed by atoms with Crippen molar-refractivity contribution < 1.29 is 23.9 Å². The van der Waals surface area contributed by atoms with Crippen LogP contribution in [0.4, 0.5) is 4.79 Å². The molecule has 28 heavy (non-hydrogen) atoms. The van der Waals surface area contributed by atoms with Gasteiger partial charge in [0.15, 0.2) is 0 Å². The molecule has 1 rings (SSSR count). The van der Waals surface area contributed by atoms with E-state index in [2.05, 4.69) is 10.6 Å². The maximum atomic E-state index is 12.8. The maximum Gasteiger partial charge on any atom is 0.383 e. The van der Waals surface area contributed by atoms with E-state index in [1.54, 1.807) is 25.1 Å². The Morgan fingerprint density at radius 2 is 1.89 bits per heavy atom. The van der Waals surface area contributed by atoms with Crippen molar-refractivity contribution >= 4 is 35.0 Å². The third-order valence-corrected chi connectivity index (χ3v) is 4.77. The molecule has 1 fully saturated rings. The summed E-state index contributed by atoms with van der Waals surface area (Å²) in [7, 11) is 0. The second kappa shape index (κ2) is 10.7. The summed E-state index contributed by atoms with van der Waals surface area (Å²) in [6.45, 7) is 9.49. The Balaban J connectivity index is 2.72. The number of primary amides is 1. The van der Waals surface area contributed by atoms with Crippen LogP contribution in [0.25, 0.3) is 0 Å². The summed E-state index contributed by atoms with van der Waals surface area (Å²) in [5.74, 6) is -1.28. The van der Waals surface area contributed by atoms with E-state index in [4.69, 9.17) is 10.5 Å². The fraction of sp³-hybridized carbons (Fsp3) is 0.778. The van der Waals surface area contributed by atoms with Crippen molar-refractivity contribution in [2.45, 2.75) is 71.6 Å². The largest absolute Gasteiger partial charge is 0.451 e. The highest BCUT2D eigenvalue weighted by Crippen LogP contribution is 2.28. The molecule has 0 radical (unpaired) electrons. The van der Waals surface area contributed by atoms with Gasteiger partial charge >= 0.3 is 5.30 Å². The summed E-state index contributed by atoms with van der Waals surface area (Å²) < 4.78 is 6.99. The summed E-state index contributed by atoms with van der Waals surface area (Å²) in [5.41, 5.74) is 4.45. The highest BCUT2D eigenvalue weighted by atomic mass is 32.2. The van der Waals surface area contributed by atoms with Gasteiger partial charge in [-0.1, -0.05) is 13.8 Å². The van der Waals surface area contributed by atoms with Gasteiger partial charge in [0, 0.05) is 18.5 Å². The van der Waals surface area contributed by atoms with E-state index in [1.165, 1.54) is 0 Å². The highest BCUT2D eigenvalue weighted by molar-refractivity contribution is 8.11. The lowest BCUT2D eigenvalue weighted by Gasteiger charge is -2.26. The van der Waals surface area contributed by atoms with Gasteiger partial charge in [0.1, 0.15) is 11.6 Å². The van der Waals surface area contributed by atoms with Gasteiger partial charge in [0.05, 0.1) is 12.6 Å². The number of nitrogens with zero attached hydrogens (tertiary/aromatic N) is 1. The van der Waals surface area contributed by atoms with Crippen molar-refractivity contribution in [2.24, 2.45) is 11.7 Å². The number of carbonyl (C=O) groups is 4. The Kier molecular flexibility index (Phi) is 9.22. The minimum absolute atomic E-state index is 0.153. The van der Waals surface area contributed by atoms with Crippen LogP contribution in [-0.2, 0) is 19.1 Å². The average molecular weight is 417 g/mol. The summed E-state index contributed by atoms with van der Waals surface area (Å²) in [6, 6.07) is -1.31. The second-order valence-electron chi connectivity index (χ2n) is 8.23. The summed E-state index contributed by atoms with van der Waals surface area (Å²) >= 11 is 0.884. The van der Waals surface area contributed by atoms with Crippen LogP contribution in [0.1, 0.15) is 53.9 Å². The van der Waals surface area contributed by atoms with E-state index < -0.39 is 34.8 Å². The molecule has 0 spiro atoms. The molecular weight excluding hydrogens is 384 g/mol. The molecule has 0 aliphatic carbocycles. The van der Waals surface area contributed by atoms with Crippen molar-refractivity contribution in [3.63, 3.8) is 0 Å². The Hall–Kier alpha value is -1.81. The lowest BCUT2D eigenvalue weighted by Crippen LogP contribution is -2.52. The van der Waals surface area contributed by atoms with Gasteiger partial charge in [0.2, 0.25) is 17.7 Å². The molecule has 1 aliphatic heterocycles. The Bertz CT molecular complexity index is 591. The normalized spacial score (nSPS) is 18.6. The molecule has 9 nitrogen and oxygen atoms in total. The van der Waals surface area contributed by atoms with E-state index in [0.717, 1.165) is 18.4 Å². The quantitative estimate of drug-likeness (QED) is 0.400. The Morgan fingerprint density at radius 1 is 1.25 bits per heavy atom. The molecule has 0 bridgehead atoms. The fourth-order valence-electron chi connectivity index (χ4n) is 2.74. The number of rotatable bonds is 8. The van der Waals surface area contributed by atoms with Gasteiger partial charge in [-0.3, -0.25) is 14.4 Å². The lowest BCUT2D eigenvalue weighted by atomic mass is 10.0. The molecule has 160 valence electrons. The van der Waals surface area contributed by atoms with Crippen molar-refractivity contribution in [3.8, 4) is 0 Å². The molecule has 0 aromatic heterocycles. The topological polar surface area (TPSA) is 131 Å². The zero-order valence-electron chi connectivity index (χ0n) is 17.2. The van der Waals surface area contributed by atoms with Crippen LogP contribution in [0.3, 0.4) is 0 Å². The van der Waals surface area contributed by atoms with E-state index in [9.17, 15) is 19.2 Å². The number of hydrogen-bond acceptors (Lipinski definition) is 7. The van der Waals surface area contributed by atoms with Gasteiger partial charge < -0.3 is 21.1 Å². The van der Waals surface area contributed by atoms with Crippen LogP contribution in [-0.4, -0.2) is 58.1 Å². The van der Waals surface area contributed by atoms with Gasteiger partial charge in [0.25, 0.3) is 0 Å². The molecule has 0 saturated carbocycles. The van der Waals surface area contributed by atoms with Crippen molar-refractivity contribution in [1.82, 2.24) is 14.9 Å². The SMILES string of the molecule is CC(C)CC(NC(=O)C1CCCN1SC(=O)OC(C)(C)C)C(=O)NCC(N)=O. The number of hydrogen-bond donors (Lipinski definition) is 3. The number of amides is 3. The third-order valence-electron chi connectivity index (χ3n) is 3.86. The summed E-state index contributed by atoms with van der Waals surface area (Å²) in [6.07, 6.45) is 1.76. The smallest absolute Gasteiger partial charge is 0.383 e. The number of carbonyl (C=O) groups excluding carboxylic acids is 4. The minimum atomic E-state index is -0.777. The maximum absolute atomic E-state index is 12.8. The number of nitrogens with two attached hydrogens (primary N) is 1. The molecule has 0 aromatic carbocycles. The zero-order valence-corrected chi connectivity index (χ0v) is 18.1. The first-order valence-electron chi connectivity index (χ1n) is 9.43. The van der Waals surface area contributed by atoms with Crippen LogP contribution in [0.15, 0.2) is 0 Å². The first-order chi connectivity index (χ1) is 12.9. The molecule has 1 aliphatic rings. The van der Waals surface area contributed by atoms with Crippen LogP contribution >= 0.6 is 11.9 Å². The monoisotopic (exact) mass is 416 g/mol. The molecule has 2 atom stereocenters. The Morgan fingerprint density at radius 3 is 2.43 bits per heavy atom. The van der Waals surface area contributed by atoms with Crippen LogP contribution in [0.5, 0.6) is 0 Å². The molecular formula is C18H32N4O5S. The van der Waals surface area contributed by atoms with Gasteiger partial charge in [-0.05, 0) is 46.0 Å².